The van der Waals surface area contributed by atoms with Crippen LogP contribution in [-0.2, 0) is 4.74 Å². The molecule has 3 amide bonds. The minimum atomic E-state index is -0.348. The molecule has 2 rings (SSSR count). The first-order valence-corrected chi connectivity index (χ1v) is 6.74. The van der Waals surface area contributed by atoms with E-state index in [1.165, 1.54) is 11.1 Å². The van der Waals surface area contributed by atoms with Gasteiger partial charge in [0.2, 0.25) is 0 Å². The Bertz CT molecular complexity index is 539. The number of urea groups is 1. The van der Waals surface area contributed by atoms with Gasteiger partial charge in [0.25, 0.3) is 5.91 Å². The summed E-state index contributed by atoms with van der Waals surface area (Å²) in [7, 11) is 3.30. The smallest absolute Gasteiger partial charge is 0.319 e. The molecule has 7 heteroatoms. The summed E-state index contributed by atoms with van der Waals surface area (Å²) in [6.07, 6.45) is 2.27. The molecular formula is C14H20N4O3. The average Bonchev–Trinajstić information content (AvgIpc) is 2.84. The zero-order valence-electron chi connectivity index (χ0n) is 12.5. The molecule has 2 heterocycles. The van der Waals surface area contributed by atoms with Crippen LogP contribution < -0.4 is 10.6 Å². The van der Waals surface area contributed by atoms with Crippen molar-refractivity contribution in [2.75, 3.05) is 32.6 Å². The molecule has 0 bridgehead atoms. The Morgan fingerprint density at radius 3 is 2.81 bits per heavy atom. The van der Waals surface area contributed by atoms with E-state index in [1.807, 2.05) is 6.92 Å². The van der Waals surface area contributed by atoms with Crippen molar-refractivity contribution in [3.05, 3.63) is 24.0 Å². The molecule has 21 heavy (non-hydrogen) atoms. The topological polar surface area (TPSA) is 83.6 Å². The Kier molecular flexibility index (Phi) is 4.42. The summed E-state index contributed by atoms with van der Waals surface area (Å²) in [6, 6.07) is 2.87. The Hall–Kier alpha value is -2.15. The standard InChI is InChI=1S/C14H20N4O3/c1-14(5-7-21-9-14)17-13(20)16-10-4-6-15-11(8-10)12(19)18(2)3/h4,6,8H,5,7,9H2,1-3H3,(H2,15,16,17,20). The first-order chi connectivity index (χ1) is 9.89. The molecule has 1 aliphatic heterocycles. The van der Waals surface area contributed by atoms with E-state index in [0.717, 1.165) is 6.42 Å². The SMILES string of the molecule is CN(C)C(=O)c1cc(NC(=O)NC2(C)CCOC2)ccn1. The molecule has 0 aliphatic carbocycles. The molecule has 1 unspecified atom stereocenters. The first-order valence-electron chi connectivity index (χ1n) is 6.74. The van der Waals surface area contributed by atoms with Crippen molar-refractivity contribution in [1.82, 2.24) is 15.2 Å². The van der Waals surface area contributed by atoms with Gasteiger partial charge in [-0.15, -0.1) is 0 Å². The van der Waals surface area contributed by atoms with Crippen LogP contribution in [0.4, 0.5) is 10.5 Å². The fourth-order valence-electron chi connectivity index (χ4n) is 2.06. The zero-order chi connectivity index (χ0) is 15.5. The van der Waals surface area contributed by atoms with Crippen LogP contribution in [0.15, 0.2) is 18.3 Å². The normalized spacial score (nSPS) is 20.9. The van der Waals surface area contributed by atoms with E-state index in [2.05, 4.69) is 15.6 Å². The highest BCUT2D eigenvalue weighted by molar-refractivity contribution is 5.95. The number of carbonyl (C=O) groups excluding carboxylic acids is 2. The molecule has 1 aromatic heterocycles. The Labute approximate surface area is 123 Å². The Balaban J connectivity index is 2.01. The minimum Gasteiger partial charge on any atom is -0.379 e. The van der Waals surface area contributed by atoms with Gasteiger partial charge in [-0.25, -0.2) is 4.79 Å². The van der Waals surface area contributed by atoms with Crippen molar-refractivity contribution >= 4 is 17.6 Å². The van der Waals surface area contributed by atoms with Gasteiger partial charge in [-0.1, -0.05) is 0 Å². The summed E-state index contributed by atoms with van der Waals surface area (Å²) >= 11 is 0. The van der Waals surface area contributed by atoms with Gasteiger partial charge in [0.15, 0.2) is 0 Å². The van der Waals surface area contributed by atoms with E-state index in [4.69, 9.17) is 4.74 Å². The number of carbonyl (C=O) groups is 2. The van der Waals surface area contributed by atoms with E-state index in [9.17, 15) is 9.59 Å². The summed E-state index contributed by atoms with van der Waals surface area (Å²) in [5, 5.41) is 5.60. The summed E-state index contributed by atoms with van der Waals surface area (Å²) in [4.78, 5) is 29.3. The Morgan fingerprint density at radius 2 is 2.19 bits per heavy atom. The van der Waals surface area contributed by atoms with Crippen molar-refractivity contribution in [2.24, 2.45) is 0 Å². The lowest BCUT2D eigenvalue weighted by atomic mass is 10.0. The molecule has 2 N–H and O–H groups in total. The van der Waals surface area contributed by atoms with Crippen LogP contribution in [0.25, 0.3) is 0 Å². The van der Waals surface area contributed by atoms with Crippen molar-refractivity contribution in [1.29, 1.82) is 0 Å². The third-order valence-corrected chi connectivity index (χ3v) is 3.28. The lowest BCUT2D eigenvalue weighted by molar-refractivity contribution is 0.0822. The van der Waals surface area contributed by atoms with Gasteiger partial charge >= 0.3 is 6.03 Å². The second kappa shape index (κ2) is 6.09. The van der Waals surface area contributed by atoms with Gasteiger partial charge in [0, 0.05) is 32.6 Å². The van der Waals surface area contributed by atoms with Crippen LogP contribution in [0, 0.1) is 0 Å². The summed E-state index contributed by atoms with van der Waals surface area (Å²) in [5.74, 6) is -0.213. The van der Waals surface area contributed by atoms with Crippen molar-refractivity contribution in [2.45, 2.75) is 18.9 Å². The van der Waals surface area contributed by atoms with Crippen LogP contribution in [0.1, 0.15) is 23.8 Å². The lowest BCUT2D eigenvalue weighted by Gasteiger charge is -2.23. The summed E-state index contributed by atoms with van der Waals surface area (Å²) in [6.45, 7) is 3.09. The van der Waals surface area contributed by atoms with Crippen molar-refractivity contribution in [3.8, 4) is 0 Å². The molecule has 0 saturated carbocycles. The van der Waals surface area contributed by atoms with Gasteiger partial charge in [-0.3, -0.25) is 9.78 Å². The van der Waals surface area contributed by atoms with E-state index >= 15 is 0 Å². The van der Waals surface area contributed by atoms with Gasteiger partial charge in [-0.2, -0.15) is 0 Å². The molecule has 1 aliphatic rings. The van der Waals surface area contributed by atoms with Crippen molar-refractivity contribution in [3.63, 3.8) is 0 Å². The lowest BCUT2D eigenvalue weighted by Crippen LogP contribution is -2.48. The predicted molar refractivity (Wildman–Crippen MR) is 78.2 cm³/mol. The number of anilines is 1. The first kappa shape index (κ1) is 15.2. The molecule has 0 aromatic carbocycles. The van der Waals surface area contributed by atoms with Crippen LogP contribution >= 0.6 is 0 Å². The number of hydrogen-bond donors (Lipinski definition) is 2. The maximum atomic E-state index is 12.0. The highest BCUT2D eigenvalue weighted by Gasteiger charge is 2.31. The fraction of sp³-hybridized carbons (Fsp3) is 0.500. The van der Waals surface area contributed by atoms with E-state index < -0.39 is 0 Å². The highest BCUT2D eigenvalue weighted by atomic mass is 16.5. The molecule has 1 saturated heterocycles. The molecule has 114 valence electrons. The minimum absolute atomic E-state index is 0.213. The largest absolute Gasteiger partial charge is 0.379 e. The number of rotatable bonds is 3. The maximum absolute atomic E-state index is 12.0. The van der Waals surface area contributed by atoms with Crippen LogP contribution in [-0.4, -0.2) is 54.7 Å². The molecule has 1 aromatic rings. The monoisotopic (exact) mass is 292 g/mol. The number of pyridine rings is 1. The molecule has 1 fully saturated rings. The zero-order valence-corrected chi connectivity index (χ0v) is 12.5. The number of aromatic nitrogens is 1. The van der Waals surface area contributed by atoms with Crippen LogP contribution in [0.2, 0.25) is 0 Å². The molecular weight excluding hydrogens is 272 g/mol. The Morgan fingerprint density at radius 1 is 1.43 bits per heavy atom. The predicted octanol–water partition coefficient (Wildman–Crippen LogP) is 1.08. The second-order valence-electron chi connectivity index (χ2n) is 5.57. The number of amides is 3. The number of nitrogens with zero attached hydrogens (tertiary/aromatic N) is 2. The summed E-state index contributed by atoms with van der Waals surface area (Å²) < 4.78 is 5.29. The average molecular weight is 292 g/mol. The molecule has 0 radical (unpaired) electrons. The van der Waals surface area contributed by atoms with Gasteiger partial charge in [0.1, 0.15) is 5.69 Å². The van der Waals surface area contributed by atoms with Gasteiger partial charge in [0.05, 0.1) is 12.1 Å². The maximum Gasteiger partial charge on any atom is 0.319 e. The summed E-state index contributed by atoms with van der Waals surface area (Å²) in [5.41, 5.74) is 0.461. The van der Waals surface area contributed by atoms with Crippen LogP contribution in [0.5, 0.6) is 0 Å². The quantitative estimate of drug-likeness (QED) is 0.873. The third-order valence-electron chi connectivity index (χ3n) is 3.28. The van der Waals surface area contributed by atoms with Crippen molar-refractivity contribution < 1.29 is 14.3 Å². The van der Waals surface area contributed by atoms with Crippen LogP contribution in [0.3, 0.4) is 0 Å². The highest BCUT2D eigenvalue weighted by Crippen LogP contribution is 2.18. The molecule has 0 spiro atoms. The second-order valence-corrected chi connectivity index (χ2v) is 5.57. The number of ether oxygens (including phenoxy) is 1. The van der Waals surface area contributed by atoms with E-state index in [0.29, 0.717) is 18.9 Å². The van der Waals surface area contributed by atoms with E-state index in [-0.39, 0.29) is 23.2 Å². The number of nitrogens with one attached hydrogen (secondary N) is 2. The number of hydrogen-bond acceptors (Lipinski definition) is 4. The molecule has 7 nitrogen and oxygen atoms in total. The van der Waals surface area contributed by atoms with Gasteiger partial charge < -0.3 is 20.3 Å². The fourth-order valence-corrected chi connectivity index (χ4v) is 2.06. The van der Waals surface area contributed by atoms with Gasteiger partial charge in [-0.05, 0) is 25.5 Å². The van der Waals surface area contributed by atoms with E-state index in [1.54, 1.807) is 26.2 Å². The molecule has 1 atom stereocenters. The third kappa shape index (κ3) is 3.91.